The lowest BCUT2D eigenvalue weighted by molar-refractivity contribution is 0.0927. The van der Waals surface area contributed by atoms with Gasteiger partial charge in [0.25, 0.3) is 11.8 Å². The van der Waals surface area contributed by atoms with Crippen LogP contribution in [0.4, 0.5) is 10.1 Å². The number of hydrogen-bond acceptors (Lipinski definition) is 3. The molecule has 0 radical (unpaired) electrons. The smallest absolute Gasteiger partial charge is 0.251 e. The van der Waals surface area contributed by atoms with Gasteiger partial charge in [-0.3, -0.25) is 9.59 Å². The maximum atomic E-state index is 13.5. The fourth-order valence-corrected chi connectivity index (χ4v) is 2.20. The van der Waals surface area contributed by atoms with E-state index in [1.807, 2.05) is 31.1 Å². The third kappa shape index (κ3) is 5.04. The fourth-order valence-electron chi connectivity index (χ4n) is 2.20. The Kier molecular flexibility index (Phi) is 6.11. The Morgan fingerprint density at radius 2 is 1.44 bits per heavy atom. The topological polar surface area (TPSA) is 61.4 Å². The van der Waals surface area contributed by atoms with Crippen LogP contribution in [0.25, 0.3) is 0 Å². The minimum absolute atomic E-state index is 0.207. The van der Waals surface area contributed by atoms with Gasteiger partial charge in [-0.25, -0.2) is 4.39 Å². The average Bonchev–Trinajstić information content (AvgIpc) is 2.60. The first-order valence-electron chi connectivity index (χ1n) is 7.98. The van der Waals surface area contributed by atoms with Crippen LogP contribution in [0.3, 0.4) is 0 Å². The zero-order valence-electron chi connectivity index (χ0n) is 14.6. The van der Waals surface area contributed by atoms with Crippen LogP contribution in [-0.2, 0) is 0 Å². The number of carbonyl (C=O) groups excluding carboxylic acids is 2. The third-order valence-corrected chi connectivity index (χ3v) is 3.78. The SMILES string of the molecule is Cc1ccc(C(=O)NCCNC(=O)c2ccc(N(C)C)cc2)cc1F. The molecule has 0 heterocycles. The van der Waals surface area contributed by atoms with Crippen LogP contribution in [0.15, 0.2) is 42.5 Å². The Bertz CT molecular complexity index is 758. The van der Waals surface area contributed by atoms with E-state index in [0.29, 0.717) is 11.1 Å². The number of anilines is 1. The molecule has 0 fully saturated rings. The molecule has 0 unspecified atom stereocenters. The van der Waals surface area contributed by atoms with Crippen molar-refractivity contribution in [2.45, 2.75) is 6.92 Å². The van der Waals surface area contributed by atoms with Crippen molar-refractivity contribution < 1.29 is 14.0 Å². The lowest BCUT2D eigenvalue weighted by atomic mass is 10.1. The van der Waals surface area contributed by atoms with Gasteiger partial charge in [-0.2, -0.15) is 0 Å². The highest BCUT2D eigenvalue weighted by atomic mass is 19.1. The summed E-state index contributed by atoms with van der Waals surface area (Å²) < 4.78 is 13.5. The summed E-state index contributed by atoms with van der Waals surface area (Å²) in [5.74, 6) is -0.994. The number of nitrogens with one attached hydrogen (secondary N) is 2. The van der Waals surface area contributed by atoms with Crippen molar-refractivity contribution in [3.63, 3.8) is 0 Å². The van der Waals surface area contributed by atoms with Gasteiger partial charge in [-0.1, -0.05) is 6.07 Å². The highest BCUT2D eigenvalue weighted by Gasteiger charge is 2.09. The molecule has 132 valence electrons. The number of carbonyl (C=O) groups is 2. The summed E-state index contributed by atoms with van der Waals surface area (Å²) in [5.41, 5.74) is 2.31. The van der Waals surface area contributed by atoms with Gasteiger partial charge < -0.3 is 15.5 Å². The van der Waals surface area contributed by atoms with Gasteiger partial charge >= 0.3 is 0 Å². The van der Waals surface area contributed by atoms with Crippen molar-refractivity contribution in [2.75, 3.05) is 32.1 Å². The number of nitrogens with zero attached hydrogens (tertiary/aromatic N) is 1. The molecule has 25 heavy (non-hydrogen) atoms. The average molecular weight is 343 g/mol. The Balaban J connectivity index is 1.79. The minimum Gasteiger partial charge on any atom is -0.378 e. The Hall–Kier alpha value is -2.89. The highest BCUT2D eigenvalue weighted by Crippen LogP contribution is 2.12. The molecule has 0 bridgehead atoms. The Morgan fingerprint density at radius 1 is 0.920 bits per heavy atom. The molecule has 0 aliphatic heterocycles. The summed E-state index contributed by atoms with van der Waals surface area (Å²) in [7, 11) is 3.86. The molecule has 0 aliphatic rings. The summed E-state index contributed by atoms with van der Waals surface area (Å²) in [6, 6.07) is 11.6. The molecule has 0 saturated carbocycles. The number of halogens is 1. The maximum Gasteiger partial charge on any atom is 0.251 e. The van der Waals surface area contributed by atoms with Crippen LogP contribution < -0.4 is 15.5 Å². The standard InChI is InChI=1S/C19H22FN3O2/c1-13-4-5-15(12-17(13)20)19(25)22-11-10-21-18(24)14-6-8-16(9-7-14)23(2)3/h4-9,12H,10-11H2,1-3H3,(H,21,24)(H,22,25). The normalized spacial score (nSPS) is 10.2. The monoisotopic (exact) mass is 343 g/mol. The van der Waals surface area contributed by atoms with Crippen molar-refractivity contribution in [3.8, 4) is 0 Å². The summed E-state index contributed by atoms with van der Waals surface area (Å²) in [5, 5.41) is 5.38. The molecule has 2 amide bonds. The van der Waals surface area contributed by atoms with Crippen molar-refractivity contribution >= 4 is 17.5 Å². The van der Waals surface area contributed by atoms with Gasteiger partial charge in [0.15, 0.2) is 0 Å². The molecule has 0 spiro atoms. The van der Waals surface area contributed by atoms with Gasteiger partial charge in [0.1, 0.15) is 5.82 Å². The lowest BCUT2D eigenvalue weighted by Crippen LogP contribution is -2.34. The molecule has 0 saturated heterocycles. The highest BCUT2D eigenvalue weighted by molar-refractivity contribution is 5.95. The number of hydrogen-bond donors (Lipinski definition) is 2. The van der Waals surface area contributed by atoms with Crippen molar-refractivity contribution in [1.29, 1.82) is 0 Å². The molecule has 6 heteroatoms. The third-order valence-electron chi connectivity index (χ3n) is 3.78. The number of aryl methyl sites for hydroxylation is 1. The maximum absolute atomic E-state index is 13.5. The predicted octanol–water partition coefficient (Wildman–Crippen LogP) is 2.36. The van der Waals surface area contributed by atoms with Crippen LogP contribution >= 0.6 is 0 Å². The van der Waals surface area contributed by atoms with Crippen LogP contribution in [0.1, 0.15) is 26.3 Å². The van der Waals surface area contributed by atoms with Crippen LogP contribution in [0, 0.1) is 12.7 Å². The van der Waals surface area contributed by atoms with Gasteiger partial charge in [-0.05, 0) is 48.9 Å². The van der Waals surface area contributed by atoms with E-state index in [9.17, 15) is 14.0 Å². The van der Waals surface area contributed by atoms with E-state index >= 15 is 0 Å². The van der Waals surface area contributed by atoms with Gasteiger partial charge in [0.05, 0.1) is 0 Å². The molecule has 0 atom stereocenters. The van der Waals surface area contributed by atoms with Gasteiger partial charge in [0.2, 0.25) is 0 Å². The van der Waals surface area contributed by atoms with Crippen LogP contribution in [0.2, 0.25) is 0 Å². The number of amides is 2. The van der Waals surface area contributed by atoms with Crippen molar-refractivity contribution in [1.82, 2.24) is 10.6 Å². The Labute approximate surface area is 146 Å². The number of rotatable bonds is 6. The first-order chi connectivity index (χ1) is 11.9. The van der Waals surface area contributed by atoms with Crippen LogP contribution in [-0.4, -0.2) is 39.0 Å². The first kappa shape index (κ1) is 18.4. The van der Waals surface area contributed by atoms with Crippen molar-refractivity contribution in [2.24, 2.45) is 0 Å². The van der Waals surface area contributed by atoms with E-state index in [1.165, 1.54) is 6.07 Å². The first-order valence-corrected chi connectivity index (χ1v) is 7.98. The quantitative estimate of drug-likeness (QED) is 0.792. The van der Waals surface area contributed by atoms with Gasteiger partial charge in [-0.15, -0.1) is 0 Å². The van der Waals surface area contributed by atoms with E-state index in [-0.39, 0.29) is 30.5 Å². The van der Waals surface area contributed by atoms with E-state index in [0.717, 1.165) is 5.69 Å². The molecule has 5 nitrogen and oxygen atoms in total. The molecular weight excluding hydrogens is 321 g/mol. The second-order valence-corrected chi connectivity index (χ2v) is 5.92. The van der Waals surface area contributed by atoms with Crippen molar-refractivity contribution in [3.05, 3.63) is 65.0 Å². The molecule has 2 N–H and O–H groups in total. The minimum atomic E-state index is -0.415. The van der Waals surface area contributed by atoms with E-state index in [1.54, 1.807) is 31.2 Å². The molecular formula is C19H22FN3O2. The predicted molar refractivity (Wildman–Crippen MR) is 96.6 cm³/mol. The largest absolute Gasteiger partial charge is 0.378 e. The van der Waals surface area contributed by atoms with Gasteiger partial charge in [0, 0.05) is 44.0 Å². The van der Waals surface area contributed by atoms with E-state index in [2.05, 4.69) is 10.6 Å². The summed E-state index contributed by atoms with van der Waals surface area (Å²) in [6.45, 7) is 2.18. The summed E-state index contributed by atoms with van der Waals surface area (Å²) in [4.78, 5) is 25.9. The zero-order valence-corrected chi connectivity index (χ0v) is 14.6. The molecule has 2 aromatic rings. The molecule has 0 aliphatic carbocycles. The fraction of sp³-hybridized carbons (Fsp3) is 0.263. The summed E-state index contributed by atoms with van der Waals surface area (Å²) >= 11 is 0. The molecule has 2 aromatic carbocycles. The van der Waals surface area contributed by atoms with E-state index < -0.39 is 5.82 Å². The second-order valence-electron chi connectivity index (χ2n) is 5.92. The van der Waals surface area contributed by atoms with Crippen LogP contribution in [0.5, 0.6) is 0 Å². The zero-order chi connectivity index (χ0) is 18.4. The Morgan fingerprint density at radius 3 is 1.96 bits per heavy atom. The number of benzene rings is 2. The second kappa shape index (κ2) is 8.28. The molecule has 0 aromatic heterocycles. The summed E-state index contributed by atoms with van der Waals surface area (Å²) in [6.07, 6.45) is 0. The molecule has 2 rings (SSSR count). The lowest BCUT2D eigenvalue weighted by Gasteiger charge is -2.12. The van der Waals surface area contributed by atoms with E-state index in [4.69, 9.17) is 0 Å².